The molecule has 2 rings (SSSR count). The predicted molar refractivity (Wildman–Crippen MR) is 97.0 cm³/mol. The third kappa shape index (κ3) is 6.48. The maximum atomic E-state index is 5.03. The average molecular weight is 318 g/mol. The van der Waals surface area contributed by atoms with E-state index in [2.05, 4.69) is 45.2 Å². The summed E-state index contributed by atoms with van der Waals surface area (Å²) in [6.45, 7) is 2.32. The summed E-state index contributed by atoms with van der Waals surface area (Å²) in [6.07, 6.45) is 6.53. The number of methoxy groups -OCH3 is 1. The van der Waals surface area contributed by atoms with Crippen molar-refractivity contribution in [1.82, 2.24) is 10.6 Å². The molecule has 0 saturated heterocycles. The highest BCUT2D eigenvalue weighted by atomic mass is 16.5. The first-order valence-corrected chi connectivity index (χ1v) is 8.60. The molecule has 0 heterocycles. The predicted octanol–water partition coefficient (Wildman–Crippen LogP) is 2.74. The Labute approximate surface area is 139 Å². The molecule has 0 spiro atoms. The number of nitrogens with zero attached hydrogens (tertiary/aromatic N) is 1. The first kappa shape index (κ1) is 17.6. The lowest BCUT2D eigenvalue weighted by molar-refractivity contribution is 0.211. The normalized spacial score (nSPS) is 16.2. The van der Waals surface area contributed by atoms with Crippen molar-refractivity contribution in [3.8, 4) is 0 Å². The van der Waals surface area contributed by atoms with Crippen LogP contribution in [0.1, 0.15) is 37.7 Å². The fourth-order valence-electron chi connectivity index (χ4n) is 2.86. The summed E-state index contributed by atoms with van der Waals surface area (Å²) in [5.41, 5.74) is 2.37. The van der Waals surface area contributed by atoms with Crippen molar-refractivity contribution in [1.29, 1.82) is 0 Å². The monoisotopic (exact) mass is 318 g/mol. The van der Waals surface area contributed by atoms with Crippen molar-refractivity contribution >= 4 is 11.6 Å². The third-order valence-corrected chi connectivity index (χ3v) is 4.22. The molecule has 1 aromatic rings. The molecule has 5 heteroatoms. The van der Waals surface area contributed by atoms with Gasteiger partial charge >= 0.3 is 0 Å². The van der Waals surface area contributed by atoms with Gasteiger partial charge in [0.25, 0.3) is 0 Å². The summed E-state index contributed by atoms with van der Waals surface area (Å²) in [5.74, 6) is 0.902. The van der Waals surface area contributed by atoms with Crippen LogP contribution in [-0.2, 0) is 11.3 Å². The molecule has 1 fully saturated rings. The summed E-state index contributed by atoms with van der Waals surface area (Å²) in [7, 11) is 3.55. The number of ether oxygens (including phenoxy) is 1. The Morgan fingerprint density at radius 1 is 1.17 bits per heavy atom. The van der Waals surface area contributed by atoms with Crippen LogP contribution in [0.25, 0.3) is 0 Å². The molecule has 0 amide bonds. The number of guanidine groups is 1. The molecular weight excluding hydrogens is 288 g/mol. The van der Waals surface area contributed by atoms with Gasteiger partial charge in [0.15, 0.2) is 5.96 Å². The summed E-state index contributed by atoms with van der Waals surface area (Å²) >= 11 is 0. The van der Waals surface area contributed by atoms with Gasteiger partial charge < -0.3 is 20.7 Å². The van der Waals surface area contributed by atoms with Gasteiger partial charge in [0, 0.05) is 39.0 Å². The van der Waals surface area contributed by atoms with Crippen LogP contribution >= 0.6 is 0 Å². The molecule has 1 aliphatic carbocycles. The van der Waals surface area contributed by atoms with E-state index in [4.69, 9.17) is 4.74 Å². The van der Waals surface area contributed by atoms with Crippen LogP contribution in [-0.4, -0.2) is 39.3 Å². The molecule has 0 aliphatic heterocycles. The van der Waals surface area contributed by atoms with Gasteiger partial charge in [-0.25, -0.2) is 0 Å². The second-order valence-electron chi connectivity index (χ2n) is 6.02. The molecule has 1 aliphatic rings. The number of hydrogen-bond acceptors (Lipinski definition) is 3. The number of anilines is 1. The largest absolute Gasteiger partial charge is 0.383 e. The number of aliphatic imine (C=N–C) groups is 1. The molecule has 1 aromatic carbocycles. The summed E-state index contributed by atoms with van der Waals surface area (Å²) < 4.78 is 5.03. The first-order chi connectivity index (χ1) is 11.3. The van der Waals surface area contributed by atoms with Crippen LogP contribution in [0.15, 0.2) is 29.3 Å². The Kier molecular flexibility index (Phi) is 7.73. The van der Waals surface area contributed by atoms with Crippen LogP contribution in [0.2, 0.25) is 0 Å². The fourth-order valence-corrected chi connectivity index (χ4v) is 2.86. The highest BCUT2D eigenvalue weighted by molar-refractivity contribution is 5.79. The van der Waals surface area contributed by atoms with Crippen LogP contribution in [0.3, 0.4) is 0 Å². The molecule has 0 unspecified atom stereocenters. The van der Waals surface area contributed by atoms with Crippen molar-refractivity contribution in [2.75, 3.05) is 32.6 Å². The summed E-state index contributed by atoms with van der Waals surface area (Å²) in [6, 6.07) is 9.04. The molecule has 128 valence electrons. The van der Waals surface area contributed by atoms with Crippen LogP contribution in [0.4, 0.5) is 5.69 Å². The third-order valence-electron chi connectivity index (χ3n) is 4.22. The number of rotatable bonds is 7. The van der Waals surface area contributed by atoms with Crippen molar-refractivity contribution in [2.24, 2.45) is 4.99 Å². The van der Waals surface area contributed by atoms with E-state index in [-0.39, 0.29) is 0 Å². The molecule has 1 saturated carbocycles. The lowest BCUT2D eigenvalue weighted by Gasteiger charge is -2.24. The maximum Gasteiger partial charge on any atom is 0.191 e. The van der Waals surface area contributed by atoms with Crippen molar-refractivity contribution < 1.29 is 4.74 Å². The Balaban J connectivity index is 1.74. The van der Waals surface area contributed by atoms with Gasteiger partial charge in [-0.2, -0.15) is 0 Å². The summed E-state index contributed by atoms with van der Waals surface area (Å²) in [5, 5.41) is 10.3. The topological polar surface area (TPSA) is 57.7 Å². The number of hydrogen-bond donors (Lipinski definition) is 3. The van der Waals surface area contributed by atoms with E-state index in [0.29, 0.717) is 12.6 Å². The zero-order chi connectivity index (χ0) is 16.3. The lowest BCUT2D eigenvalue weighted by Crippen LogP contribution is -2.43. The highest BCUT2D eigenvalue weighted by Crippen LogP contribution is 2.17. The van der Waals surface area contributed by atoms with Gasteiger partial charge in [-0.05, 0) is 30.5 Å². The molecule has 0 radical (unpaired) electrons. The Bertz CT molecular complexity index is 466. The van der Waals surface area contributed by atoms with Gasteiger partial charge in [-0.3, -0.25) is 4.99 Å². The maximum absolute atomic E-state index is 5.03. The van der Waals surface area contributed by atoms with E-state index in [1.165, 1.54) is 37.7 Å². The van der Waals surface area contributed by atoms with Crippen molar-refractivity contribution in [3.63, 3.8) is 0 Å². The molecule has 0 aromatic heterocycles. The molecule has 5 nitrogen and oxygen atoms in total. The smallest absolute Gasteiger partial charge is 0.191 e. The molecule has 23 heavy (non-hydrogen) atoms. The van der Waals surface area contributed by atoms with E-state index in [1.54, 1.807) is 7.11 Å². The van der Waals surface area contributed by atoms with Crippen molar-refractivity contribution in [3.05, 3.63) is 29.8 Å². The quantitative estimate of drug-likeness (QED) is 0.411. The van der Waals surface area contributed by atoms with Gasteiger partial charge in [-0.15, -0.1) is 0 Å². The van der Waals surface area contributed by atoms with E-state index in [9.17, 15) is 0 Å². The minimum atomic E-state index is 0.572. The first-order valence-electron chi connectivity index (χ1n) is 8.60. The Morgan fingerprint density at radius 2 is 1.91 bits per heavy atom. The van der Waals surface area contributed by atoms with Gasteiger partial charge in [0.05, 0.1) is 6.61 Å². The second-order valence-corrected chi connectivity index (χ2v) is 6.02. The van der Waals surface area contributed by atoms with E-state index < -0.39 is 0 Å². The van der Waals surface area contributed by atoms with E-state index in [1.807, 2.05) is 7.05 Å². The van der Waals surface area contributed by atoms with Crippen LogP contribution in [0.5, 0.6) is 0 Å². The van der Waals surface area contributed by atoms with Crippen LogP contribution in [0, 0.1) is 0 Å². The van der Waals surface area contributed by atoms with Gasteiger partial charge in [-0.1, -0.05) is 31.4 Å². The zero-order valence-corrected chi connectivity index (χ0v) is 14.4. The zero-order valence-electron chi connectivity index (χ0n) is 14.4. The van der Waals surface area contributed by atoms with Crippen LogP contribution < -0.4 is 16.0 Å². The SMILES string of the molecule is CN=C(NCc1ccc(NCCOC)cc1)NC1CCCCC1. The van der Waals surface area contributed by atoms with Crippen molar-refractivity contribution in [2.45, 2.75) is 44.7 Å². The molecule has 3 N–H and O–H groups in total. The Hall–Kier alpha value is -1.75. The minimum Gasteiger partial charge on any atom is -0.383 e. The number of benzene rings is 1. The number of nitrogens with one attached hydrogen (secondary N) is 3. The van der Waals surface area contributed by atoms with Gasteiger partial charge in [0.2, 0.25) is 0 Å². The molecule has 0 atom stereocenters. The fraction of sp³-hybridized carbons (Fsp3) is 0.611. The highest BCUT2D eigenvalue weighted by Gasteiger charge is 2.14. The molecule has 0 bridgehead atoms. The second kappa shape index (κ2) is 10.1. The van der Waals surface area contributed by atoms with Gasteiger partial charge in [0.1, 0.15) is 0 Å². The lowest BCUT2D eigenvalue weighted by atomic mass is 9.96. The Morgan fingerprint density at radius 3 is 2.57 bits per heavy atom. The van der Waals surface area contributed by atoms with E-state index >= 15 is 0 Å². The summed E-state index contributed by atoms with van der Waals surface area (Å²) in [4.78, 5) is 4.33. The standard InChI is InChI=1S/C18H30N4O/c1-19-18(22-17-6-4-3-5-7-17)21-14-15-8-10-16(11-9-15)20-12-13-23-2/h8-11,17,20H,3-7,12-14H2,1-2H3,(H2,19,21,22). The molecular formula is C18H30N4O. The average Bonchev–Trinajstić information content (AvgIpc) is 2.61. The minimum absolute atomic E-state index is 0.572. The van der Waals surface area contributed by atoms with E-state index in [0.717, 1.165) is 24.7 Å².